The fraction of sp³-hybridized carbons (Fsp3) is 0.241. The highest BCUT2D eigenvalue weighted by molar-refractivity contribution is 7.25. The monoisotopic (exact) mass is 515 g/mol. The van der Waals surface area contributed by atoms with Crippen molar-refractivity contribution in [3.8, 4) is 40.4 Å². The third kappa shape index (κ3) is 2.70. The minimum absolute atomic E-state index is 0.426. The van der Waals surface area contributed by atoms with E-state index in [-0.39, 0.29) is 0 Å². The van der Waals surface area contributed by atoms with Crippen LogP contribution in [-0.2, 0) is 0 Å². The third-order valence-electron chi connectivity index (χ3n) is 7.72. The molecule has 0 saturated carbocycles. The van der Waals surface area contributed by atoms with Crippen LogP contribution in [0.25, 0.3) is 40.4 Å². The smallest absolute Gasteiger partial charge is 0.0863 e. The summed E-state index contributed by atoms with van der Waals surface area (Å²) in [6.45, 7) is 11.8. The Morgan fingerprint density at radius 3 is 1.56 bits per heavy atom. The van der Waals surface area contributed by atoms with Crippen LogP contribution in [0.1, 0.15) is 63.9 Å². The van der Waals surface area contributed by atoms with Gasteiger partial charge < -0.3 is 5.73 Å². The summed E-state index contributed by atoms with van der Waals surface area (Å²) >= 11 is 7.54. The molecule has 1 aromatic carbocycles. The lowest BCUT2D eigenvalue weighted by Crippen LogP contribution is -2.01. The first-order valence-electron chi connectivity index (χ1n) is 11.7. The van der Waals surface area contributed by atoms with E-state index in [9.17, 15) is 0 Å². The highest BCUT2D eigenvalue weighted by Gasteiger charge is 2.39. The zero-order valence-electron chi connectivity index (χ0n) is 19.8. The maximum absolute atomic E-state index is 6.04. The number of hydrogen-bond acceptors (Lipinski definition) is 5. The van der Waals surface area contributed by atoms with Gasteiger partial charge >= 0.3 is 0 Å². The molecule has 1 nitrogen and oxygen atoms in total. The SMILES string of the molecule is Cc1ccc(-c2cc3c(s2)-c2c(C)c4c(c(C)c2C3C)-c2sc(-c3ccc(N)s3)cc2C4C)s1. The van der Waals surface area contributed by atoms with Crippen LogP contribution in [0.2, 0.25) is 0 Å². The van der Waals surface area contributed by atoms with Crippen molar-refractivity contribution in [3.05, 3.63) is 74.7 Å². The second kappa shape index (κ2) is 7.17. The van der Waals surface area contributed by atoms with Crippen LogP contribution < -0.4 is 5.73 Å². The number of hydrogen-bond donors (Lipinski definition) is 1. The number of anilines is 1. The van der Waals surface area contributed by atoms with Gasteiger partial charge in [0.1, 0.15) is 0 Å². The molecule has 0 aliphatic heterocycles. The van der Waals surface area contributed by atoms with E-state index in [4.69, 9.17) is 5.73 Å². The first kappa shape index (κ1) is 21.1. The lowest BCUT2D eigenvalue weighted by Gasteiger charge is -2.20. The molecule has 0 spiro atoms. The van der Waals surface area contributed by atoms with Crippen LogP contribution in [0.3, 0.4) is 0 Å². The largest absolute Gasteiger partial charge is 0.391 e. The molecular formula is C29H25NS4. The summed E-state index contributed by atoms with van der Waals surface area (Å²) in [5.74, 6) is 0.867. The molecule has 7 rings (SSSR count). The highest BCUT2D eigenvalue weighted by Crippen LogP contribution is 2.61. The number of fused-ring (bicyclic) bond motifs is 6. The Kier molecular flexibility index (Phi) is 4.46. The number of nitrogens with two attached hydrogens (primary N) is 1. The predicted octanol–water partition coefficient (Wildman–Crippen LogP) is 10.0. The molecule has 4 heterocycles. The average molecular weight is 516 g/mol. The van der Waals surface area contributed by atoms with Gasteiger partial charge in [-0.25, -0.2) is 0 Å². The molecule has 2 atom stereocenters. The molecule has 0 fully saturated rings. The molecular weight excluding hydrogens is 491 g/mol. The predicted molar refractivity (Wildman–Crippen MR) is 153 cm³/mol. The normalized spacial score (nSPS) is 17.7. The maximum atomic E-state index is 6.04. The van der Waals surface area contributed by atoms with Crippen LogP contribution in [-0.4, -0.2) is 0 Å². The Bertz CT molecular complexity index is 1510. The quantitative estimate of drug-likeness (QED) is 0.249. The maximum Gasteiger partial charge on any atom is 0.0863 e. The zero-order chi connectivity index (χ0) is 23.5. The van der Waals surface area contributed by atoms with Crippen molar-refractivity contribution < 1.29 is 0 Å². The number of benzene rings is 1. The lowest BCUT2D eigenvalue weighted by molar-refractivity contribution is 0.926. The standard InChI is InChI=1S/C29H25NS4/c1-12-6-7-19(31-12)21-10-17-13(2)24-16(5)27-25(15(4)26(24)28(17)33-21)14(3)18-11-22(34-29(18)27)20-8-9-23(30)32-20/h6-11,13-14H,30H2,1-5H3. The second-order valence-corrected chi connectivity index (χ2v) is 14.2. The van der Waals surface area contributed by atoms with E-state index in [1.54, 1.807) is 22.5 Å². The Hall–Kier alpha value is -2.18. The summed E-state index contributed by atoms with van der Waals surface area (Å²) < 4.78 is 0. The topological polar surface area (TPSA) is 26.0 Å². The van der Waals surface area contributed by atoms with Crippen molar-refractivity contribution in [1.82, 2.24) is 0 Å². The molecule has 5 aromatic rings. The molecule has 34 heavy (non-hydrogen) atoms. The fourth-order valence-corrected chi connectivity index (χ4v) is 10.7. The Balaban J connectivity index is 1.42. The summed E-state index contributed by atoms with van der Waals surface area (Å²) in [6.07, 6.45) is 0. The van der Waals surface area contributed by atoms with Crippen molar-refractivity contribution in [2.45, 2.75) is 46.5 Å². The van der Waals surface area contributed by atoms with Gasteiger partial charge in [0.2, 0.25) is 0 Å². The van der Waals surface area contributed by atoms with Gasteiger partial charge in [0.05, 0.1) is 5.00 Å². The summed E-state index contributed by atoms with van der Waals surface area (Å²) in [6, 6.07) is 13.6. The second-order valence-electron chi connectivity index (χ2n) is 9.67. The van der Waals surface area contributed by atoms with Gasteiger partial charge in [0.15, 0.2) is 0 Å². The number of rotatable bonds is 2. The number of aryl methyl sites for hydroxylation is 1. The number of nitrogen functional groups attached to an aromatic ring is 1. The van der Waals surface area contributed by atoms with Gasteiger partial charge in [0.25, 0.3) is 0 Å². The minimum Gasteiger partial charge on any atom is -0.391 e. The van der Waals surface area contributed by atoms with Gasteiger partial charge in [0, 0.05) is 46.0 Å². The zero-order valence-corrected chi connectivity index (χ0v) is 23.1. The van der Waals surface area contributed by atoms with Gasteiger partial charge in [-0.05, 0) is 102 Å². The summed E-state index contributed by atoms with van der Waals surface area (Å²) in [7, 11) is 0. The Morgan fingerprint density at radius 1 is 0.618 bits per heavy atom. The van der Waals surface area contributed by atoms with E-state index in [1.807, 2.05) is 40.1 Å². The molecule has 0 saturated heterocycles. The lowest BCUT2D eigenvalue weighted by atomic mass is 9.85. The van der Waals surface area contributed by atoms with Crippen molar-refractivity contribution in [2.24, 2.45) is 0 Å². The van der Waals surface area contributed by atoms with Gasteiger partial charge in [-0.1, -0.05) is 13.8 Å². The van der Waals surface area contributed by atoms with Crippen LogP contribution in [0.5, 0.6) is 0 Å². The van der Waals surface area contributed by atoms with E-state index >= 15 is 0 Å². The molecule has 0 radical (unpaired) electrons. The third-order valence-corrected chi connectivity index (χ3v) is 12.4. The molecule has 2 aliphatic rings. The van der Waals surface area contributed by atoms with E-state index < -0.39 is 0 Å². The minimum atomic E-state index is 0.426. The van der Waals surface area contributed by atoms with Crippen LogP contribution in [0, 0.1) is 20.8 Å². The molecule has 170 valence electrons. The molecule has 2 N–H and O–H groups in total. The van der Waals surface area contributed by atoms with Crippen LogP contribution in [0.15, 0.2) is 36.4 Å². The summed E-state index contributed by atoms with van der Waals surface area (Å²) in [5.41, 5.74) is 18.2. The fourth-order valence-electron chi connectivity index (χ4n) is 6.17. The summed E-state index contributed by atoms with van der Waals surface area (Å²) in [4.78, 5) is 9.82. The molecule has 2 unspecified atom stereocenters. The van der Waals surface area contributed by atoms with Crippen molar-refractivity contribution in [2.75, 3.05) is 5.73 Å². The molecule has 0 amide bonds. The van der Waals surface area contributed by atoms with Gasteiger partial charge in [-0.3, -0.25) is 0 Å². The van der Waals surface area contributed by atoms with E-state index in [0.29, 0.717) is 11.8 Å². The van der Waals surface area contributed by atoms with E-state index in [2.05, 4.69) is 65.0 Å². The van der Waals surface area contributed by atoms with E-state index in [1.165, 1.54) is 67.5 Å². The van der Waals surface area contributed by atoms with Crippen molar-refractivity contribution in [1.29, 1.82) is 0 Å². The highest BCUT2D eigenvalue weighted by atomic mass is 32.1. The first-order valence-corrected chi connectivity index (χ1v) is 15.0. The van der Waals surface area contributed by atoms with Gasteiger partial charge in [-0.2, -0.15) is 0 Å². The molecule has 4 aromatic heterocycles. The Labute approximate surface area is 216 Å². The average Bonchev–Trinajstić information content (AvgIpc) is 3.60. The number of thiophene rings is 4. The molecule has 2 aliphatic carbocycles. The van der Waals surface area contributed by atoms with Crippen LogP contribution in [0.4, 0.5) is 5.00 Å². The van der Waals surface area contributed by atoms with Gasteiger partial charge in [-0.15, -0.1) is 45.3 Å². The first-order chi connectivity index (χ1) is 16.3. The molecule has 0 bridgehead atoms. The van der Waals surface area contributed by atoms with Crippen LogP contribution >= 0.6 is 45.3 Å². The molecule has 5 heteroatoms. The summed E-state index contributed by atoms with van der Waals surface area (Å²) in [5, 5.41) is 0.888. The van der Waals surface area contributed by atoms with E-state index in [0.717, 1.165) is 5.00 Å². The Morgan fingerprint density at radius 2 is 1.12 bits per heavy atom. The van der Waals surface area contributed by atoms with Crippen molar-refractivity contribution in [3.63, 3.8) is 0 Å². The van der Waals surface area contributed by atoms with Crippen molar-refractivity contribution >= 4 is 50.3 Å².